The van der Waals surface area contributed by atoms with Gasteiger partial charge in [-0.1, -0.05) is 56.2 Å². The van der Waals surface area contributed by atoms with Gasteiger partial charge >= 0.3 is 0 Å². The van der Waals surface area contributed by atoms with E-state index in [0.717, 1.165) is 57.4 Å². The number of para-hydroxylation sites is 1. The van der Waals surface area contributed by atoms with Crippen molar-refractivity contribution < 1.29 is 0 Å². The molecule has 1 aliphatic carbocycles. The molecular weight excluding hydrogens is 444 g/mol. The summed E-state index contributed by atoms with van der Waals surface area (Å²) in [7, 11) is 1.74. The van der Waals surface area contributed by atoms with Crippen LogP contribution in [0.1, 0.15) is 32.1 Å². The van der Waals surface area contributed by atoms with Crippen LogP contribution < -0.4 is 15.6 Å². The Labute approximate surface area is 217 Å². The lowest BCUT2D eigenvalue weighted by Crippen LogP contribution is -2.41. The summed E-state index contributed by atoms with van der Waals surface area (Å²) < 4.78 is 0. The Hall–Kier alpha value is -3.38. The van der Waals surface area contributed by atoms with Crippen LogP contribution >= 0.6 is 0 Å². The van der Waals surface area contributed by atoms with Gasteiger partial charge in [-0.25, -0.2) is 4.99 Å². The Kier molecular flexibility index (Phi) is 11.3. The number of rotatable bonds is 13. The average Bonchev–Trinajstić information content (AvgIpc) is 3.36. The Morgan fingerprint density at radius 3 is 2.83 bits per heavy atom. The first kappa shape index (κ1) is 27.2. The molecule has 1 aromatic carbocycles. The van der Waals surface area contributed by atoms with Gasteiger partial charge in [0.05, 0.1) is 6.04 Å². The zero-order valence-electron chi connectivity index (χ0n) is 21.8. The summed E-state index contributed by atoms with van der Waals surface area (Å²) in [5.74, 6) is 1.31. The molecule has 3 rings (SSSR count). The second-order valence-electron chi connectivity index (χ2n) is 9.33. The molecule has 0 bridgehead atoms. The highest BCUT2D eigenvalue weighted by atomic mass is 15.5. The Morgan fingerprint density at radius 2 is 2.08 bits per heavy atom. The summed E-state index contributed by atoms with van der Waals surface area (Å²) >= 11 is 0. The fraction of sp³-hybridized carbons (Fsp3) is 0.400. The maximum absolute atomic E-state index is 4.38. The highest BCUT2D eigenvalue weighted by molar-refractivity contribution is 6.04. The molecule has 0 saturated heterocycles. The molecule has 1 fully saturated rings. The van der Waals surface area contributed by atoms with Crippen LogP contribution in [0.4, 0.5) is 5.69 Å². The van der Waals surface area contributed by atoms with Crippen molar-refractivity contribution in [2.24, 2.45) is 15.9 Å². The molecule has 1 saturated carbocycles. The molecule has 36 heavy (non-hydrogen) atoms. The monoisotopic (exact) mass is 486 g/mol. The van der Waals surface area contributed by atoms with Crippen LogP contribution in [0.2, 0.25) is 0 Å². The van der Waals surface area contributed by atoms with Crippen LogP contribution in [0.25, 0.3) is 0 Å². The number of aliphatic imine (C=N–C) groups is 2. The van der Waals surface area contributed by atoms with Crippen molar-refractivity contribution in [1.82, 2.24) is 15.8 Å². The van der Waals surface area contributed by atoms with Gasteiger partial charge in [0.25, 0.3) is 0 Å². The van der Waals surface area contributed by atoms with Gasteiger partial charge in [0.2, 0.25) is 0 Å². The van der Waals surface area contributed by atoms with Gasteiger partial charge in [-0.05, 0) is 74.9 Å². The van der Waals surface area contributed by atoms with E-state index >= 15 is 0 Å². The summed E-state index contributed by atoms with van der Waals surface area (Å²) in [4.78, 5) is 11.1. The van der Waals surface area contributed by atoms with Crippen LogP contribution in [0.5, 0.6) is 0 Å². The predicted molar refractivity (Wildman–Crippen MR) is 155 cm³/mol. The Balaban J connectivity index is 1.51. The smallest absolute Gasteiger partial charge is 0.155 e. The predicted octanol–water partition coefficient (Wildman–Crippen LogP) is 5.28. The molecule has 1 aliphatic heterocycles. The van der Waals surface area contributed by atoms with E-state index in [0.29, 0.717) is 17.8 Å². The number of nitrogens with zero attached hydrogens (tertiary/aromatic N) is 4. The van der Waals surface area contributed by atoms with Gasteiger partial charge < -0.3 is 10.2 Å². The molecular formula is C30H42N6. The molecule has 6 nitrogen and oxygen atoms in total. The van der Waals surface area contributed by atoms with E-state index in [-0.39, 0.29) is 0 Å². The van der Waals surface area contributed by atoms with Gasteiger partial charge in [-0.3, -0.25) is 15.4 Å². The summed E-state index contributed by atoms with van der Waals surface area (Å²) in [5.41, 5.74) is 6.68. The Morgan fingerprint density at radius 1 is 1.25 bits per heavy atom. The Bertz CT molecular complexity index is 974. The lowest BCUT2D eigenvalue weighted by molar-refractivity contribution is 0.240. The van der Waals surface area contributed by atoms with E-state index in [1.54, 1.807) is 13.4 Å². The number of nitrogens with one attached hydrogen (secondary N) is 2. The summed E-state index contributed by atoms with van der Waals surface area (Å²) in [6.45, 7) is 15.8. The molecule has 0 radical (unpaired) electrons. The van der Waals surface area contributed by atoms with E-state index < -0.39 is 0 Å². The second kappa shape index (κ2) is 14.9. The molecule has 1 heterocycles. The fourth-order valence-corrected chi connectivity index (χ4v) is 4.86. The maximum atomic E-state index is 4.38. The van der Waals surface area contributed by atoms with Crippen LogP contribution in [0.15, 0.2) is 102 Å². The second-order valence-corrected chi connectivity index (χ2v) is 9.33. The molecule has 2 atom stereocenters. The van der Waals surface area contributed by atoms with Gasteiger partial charge in [-0.2, -0.15) is 0 Å². The van der Waals surface area contributed by atoms with Crippen molar-refractivity contribution in [3.05, 3.63) is 91.7 Å². The topological polar surface area (TPSA) is 55.3 Å². The number of hydrogen-bond donors (Lipinski definition) is 2. The molecule has 0 spiro atoms. The lowest BCUT2D eigenvalue weighted by atomic mass is 10.1. The zero-order chi connectivity index (χ0) is 25.6. The zero-order valence-corrected chi connectivity index (χ0v) is 21.8. The quantitative estimate of drug-likeness (QED) is 0.294. The number of anilines is 1. The molecule has 0 amide bonds. The lowest BCUT2D eigenvalue weighted by Gasteiger charge is -2.30. The highest BCUT2D eigenvalue weighted by Crippen LogP contribution is 2.31. The van der Waals surface area contributed by atoms with Crippen molar-refractivity contribution in [3.63, 3.8) is 0 Å². The van der Waals surface area contributed by atoms with Gasteiger partial charge in [0, 0.05) is 37.6 Å². The van der Waals surface area contributed by atoms with E-state index in [9.17, 15) is 0 Å². The molecule has 192 valence electrons. The largest absolute Gasteiger partial charge is 0.371 e. The molecule has 2 N–H and O–H groups in total. The van der Waals surface area contributed by atoms with E-state index in [4.69, 9.17) is 0 Å². The molecule has 2 aliphatic rings. The van der Waals surface area contributed by atoms with Gasteiger partial charge in [0.15, 0.2) is 5.84 Å². The minimum atomic E-state index is 0.438. The molecule has 2 unspecified atom stereocenters. The molecule has 0 aromatic heterocycles. The van der Waals surface area contributed by atoms with E-state index in [1.165, 1.54) is 17.7 Å². The third-order valence-electron chi connectivity index (χ3n) is 6.80. The normalized spacial score (nSPS) is 22.1. The van der Waals surface area contributed by atoms with E-state index in [2.05, 4.69) is 86.9 Å². The van der Waals surface area contributed by atoms with Crippen LogP contribution in [-0.4, -0.2) is 56.5 Å². The summed E-state index contributed by atoms with van der Waals surface area (Å²) in [6.07, 6.45) is 17.2. The van der Waals surface area contributed by atoms with Crippen molar-refractivity contribution in [2.45, 2.75) is 38.1 Å². The summed E-state index contributed by atoms with van der Waals surface area (Å²) in [6, 6.07) is 11.3. The van der Waals surface area contributed by atoms with Gasteiger partial charge in [-0.15, -0.1) is 0 Å². The highest BCUT2D eigenvalue weighted by Gasteiger charge is 2.29. The van der Waals surface area contributed by atoms with E-state index in [1.807, 2.05) is 24.3 Å². The number of hydrazine groups is 1. The van der Waals surface area contributed by atoms with Crippen molar-refractivity contribution in [2.75, 3.05) is 38.1 Å². The first-order chi connectivity index (χ1) is 17.6. The first-order valence-electron chi connectivity index (χ1n) is 13.0. The van der Waals surface area contributed by atoms with Crippen LogP contribution in [0.3, 0.4) is 0 Å². The van der Waals surface area contributed by atoms with Crippen molar-refractivity contribution in [1.29, 1.82) is 0 Å². The molecule has 6 heteroatoms. The SMILES string of the molecule is C=C/C=C(\C=C)CCNCCCN(CC1CCC(N2/C=C\C(=C)C(=NC)N=CN2)C1)c1ccccc1. The van der Waals surface area contributed by atoms with Crippen molar-refractivity contribution in [3.8, 4) is 0 Å². The number of allylic oxidation sites excluding steroid dienone is 3. The number of benzene rings is 1. The average molecular weight is 487 g/mol. The van der Waals surface area contributed by atoms with Crippen LogP contribution in [-0.2, 0) is 0 Å². The standard InChI is InChI=1S/C30H42N6/c1-5-11-26(6-2)16-19-32-18-10-20-35(28-12-8-7-9-13-28)23-27-14-15-29(22-27)36-21-17-25(3)30(31-4)33-24-34-36/h5-9,11-13,17,21,24,27,29,32H,1-3,10,14-16,18-20,22-23H2,4H3,(H,31,33,34)/b21-17-,26-11+. The number of hydrogen-bond acceptors (Lipinski definition) is 5. The summed E-state index contributed by atoms with van der Waals surface area (Å²) in [5, 5.41) is 5.76. The maximum Gasteiger partial charge on any atom is 0.155 e. The molecule has 1 aromatic rings. The fourth-order valence-electron chi connectivity index (χ4n) is 4.86. The van der Waals surface area contributed by atoms with Crippen LogP contribution in [0, 0.1) is 5.92 Å². The minimum Gasteiger partial charge on any atom is -0.371 e. The van der Waals surface area contributed by atoms with Crippen molar-refractivity contribution >= 4 is 17.9 Å². The first-order valence-corrected chi connectivity index (χ1v) is 13.0. The van der Waals surface area contributed by atoms with Gasteiger partial charge in [0.1, 0.15) is 6.34 Å². The third kappa shape index (κ3) is 8.38. The minimum absolute atomic E-state index is 0.438. The number of amidine groups is 1. The third-order valence-corrected chi connectivity index (χ3v) is 6.80.